The van der Waals surface area contributed by atoms with Crippen LogP contribution in [0.3, 0.4) is 0 Å². The highest BCUT2D eigenvalue weighted by Crippen LogP contribution is 2.02. The molecule has 0 bridgehead atoms. The van der Waals surface area contributed by atoms with Gasteiger partial charge in [-0.1, -0.05) is 13.8 Å². The third-order valence-electron chi connectivity index (χ3n) is 2.05. The molecule has 0 saturated heterocycles. The Morgan fingerprint density at radius 1 is 1.38 bits per heavy atom. The number of guanidine groups is 1. The summed E-state index contributed by atoms with van der Waals surface area (Å²) in [5.74, 6) is 1.28. The van der Waals surface area contributed by atoms with E-state index in [0.717, 1.165) is 26.1 Å². The van der Waals surface area contributed by atoms with Crippen molar-refractivity contribution in [1.29, 1.82) is 5.26 Å². The maximum atomic E-state index is 8.54. The predicted molar refractivity (Wildman–Crippen MR) is 67.1 cm³/mol. The van der Waals surface area contributed by atoms with Crippen LogP contribution < -0.4 is 16.0 Å². The highest BCUT2D eigenvalue weighted by molar-refractivity contribution is 5.81. The molecule has 0 spiro atoms. The van der Waals surface area contributed by atoms with Crippen LogP contribution in [0, 0.1) is 17.4 Å². The highest BCUT2D eigenvalue weighted by Gasteiger charge is 1.97. The Bertz CT molecular complexity index is 229. The van der Waals surface area contributed by atoms with Gasteiger partial charge in [-0.15, -0.1) is 0 Å². The molecule has 92 valence electrons. The molecule has 0 radical (unpaired) electrons. The molecule has 0 aliphatic rings. The molecule has 3 N–H and O–H groups in total. The normalized spacial score (nSPS) is 11.3. The third-order valence-corrected chi connectivity index (χ3v) is 2.05. The molecule has 0 aliphatic heterocycles. The topological polar surface area (TPSA) is 72.2 Å². The first-order valence-corrected chi connectivity index (χ1v) is 5.78. The molecule has 0 heterocycles. The minimum Gasteiger partial charge on any atom is -0.354 e. The first-order valence-electron chi connectivity index (χ1n) is 5.78. The molecule has 0 fully saturated rings. The molecular formula is C11H23N5. The smallest absolute Gasteiger partial charge is 0.204 e. The van der Waals surface area contributed by atoms with Crippen LogP contribution in [0.4, 0.5) is 0 Å². The van der Waals surface area contributed by atoms with Crippen molar-refractivity contribution in [2.45, 2.75) is 26.7 Å². The molecular weight excluding hydrogens is 202 g/mol. The van der Waals surface area contributed by atoms with Gasteiger partial charge in [0.1, 0.15) is 0 Å². The number of hydrogen-bond donors (Lipinski definition) is 3. The van der Waals surface area contributed by atoms with Crippen LogP contribution in [0.15, 0.2) is 4.99 Å². The van der Waals surface area contributed by atoms with Gasteiger partial charge < -0.3 is 10.6 Å². The fourth-order valence-electron chi connectivity index (χ4n) is 1.19. The lowest BCUT2D eigenvalue weighted by molar-refractivity contribution is 0.560. The molecule has 0 aromatic rings. The molecule has 0 saturated carbocycles. The van der Waals surface area contributed by atoms with Crippen molar-refractivity contribution >= 4 is 5.96 Å². The van der Waals surface area contributed by atoms with Crippen molar-refractivity contribution in [2.24, 2.45) is 10.9 Å². The molecule has 0 aromatic carbocycles. The SMILES string of the molecule is CNCCNC(=NCCCC(C)C)NC#N. The second kappa shape index (κ2) is 10.2. The first kappa shape index (κ1) is 14.7. The van der Waals surface area contributed by atoms with Gasteiger partial charge in [0, 0.05) is 19.6 Å². The Kier molecular flexibility index (Phi) is 9.43. The van der Waals surface area contributed by atoms with Gasteiger partial charge in [0.25, 0.3) is 0 Å². The average molecular weight is 225 g/mol. The minimum absolute atomic E-state index is 0.571. The molecule has 5 heteroatoms. The van der Waals surface area contributed by atoms with E-state index in [4.69, 9.17) is 5.26 Å². The number of hydrogen-bond acceptors (Lipinski definition) is 3. The number of rotatable bonds is 7. The Morgan fingerprint density at radius 2 is 2.12 bits per heavy atom. The van der Waals surface area contributed by atoms with Crippen LogP contribution >= 0.6 is 0 Å². The van der Waals surface area contributed by atoms with Gasteiger partial charge >= 0.3 is 0 Å². The number of nitrogens with zero attached hydrogens (tertiary/aromatic N) is 2. The standard InChI is InChI=1S/C11H23N5/c1-10(2)5-4-6-14-11(16-9-12)15-8-7-13-3/h10,13H,4-8H2,1-3H3,(H2,14,15,16). The van der Waals surface area contributed by atoms with Crippen LogP contribution in [-0.2, 0) is 0 Å². The summed E-state index contributed by atoms with van der Waals surface area (Å²) in [6.07, 6.45) is 4.10. The summed E-state index contributed by atoms with van der Waals surface area (Å²) in [4.78, 5) is 4.30. The van der Waals surface area contributed by atoms with Gasteiger partial charge in [-0.05, 0) is 25.8 Å². The summed E-state index contributed by atoms with van der Waals surface area (Å²) in [5, 5.41) is 17.2. The van der Waals surface area contributed by atoms with Gasteiger partial charge in [-0.3, -0.25) is 10.3 Å². The molecule has 0 amide bonds. The van der Waals surface area contributed by atoms with E-state index in [2.05, 4.69) is 34.8 Å². The quantitative estimate of drug-likeness (QED) is 0.196. The Labute approximate surface area is 98.3 Å². The van der Waals surface area contributed by atoms with Crippen LogP contribution in [0.25, 0.3) is 0 Å². The Balaban J connectivity index is 3.80. The van der Waals surface area contributed by atoms with Gasteiger partial charge in [-0.2, -0.15) is 5.26 Å². The predicted octanol–water partition coefficient (Wildman–Crippen LogP) is 0.658. The molecule has 0 atom stereocenters. The van der Waals surface area contributed by atoms with E-state index in [1.165, 1.54) is 6.42 Å². The largest absolute Gasteiger partial charge is 0.354 e. The van der Waals surface area contributed by atoms with Crippen molar-refractivity contribution in [1.82, 2.24) is 16.0 Å². The average Bonchev–Trinajstić information content (AvgIpc) is 2.24. The molecule has 0 aromatic heterocycles. The fourth-order valence-corrected chi connectivity index (χ4v) is 1.19. The Morgan fingerprint density at radius 3 is 2.69 bits per heavy atom. The zero-order chi connectivity index (χ0) is 12.2. The van der Waals surface area contributed by atoms with Crippen LogP contribution in [0.5, 0.6) is 0 Å². The van der Waals surface area contributed by atoms with Crippen molar-refractivity contribution in [3.63, 3.8) is 0 Å². The zero-order valence-electron chi connectivity index (χ0n) is 10.5. The zero-order valence-corrected chi connectivity index (χ0v) is 10.5. The first-order chi connectivity index (χ1) is 7.70. The van der Waals surface area contributed by atoms with Crippen molar-refractivity contribution in [3.05, 3.63) is 0 Å². The van der Waals surface area contributed by atoms with Crippen LogP contribution in [0.2, 0.25) is 0 Å². The van der Waals surface area contributed by atoms with E-state index < -0.39 is 0 Å². The minimum atomic E-state index is 0.571. The van der Waals surface area contributed by atoms with E-state index in [1.807, 2.05) is 13.2 Å². The van der Waals surface area contributed by atoms with E-state index in [-0.39, 0.29) is 0 Å². The number of likely N-dealkylation sites (N-methyl/N-ethyl adjacent to an activating group) is 1. The van der Waals surface area contributed by atoms with Crippen LogP contribution in [-0.4, -0.2) is 32.6 Å². The highest BCUT2D eigenvalue weighted by atomic mass is 15.2. The summed E-state index contributed by atoms with van der Waals surface area (Å²) >= 11 is 0. The van der Waals surface area contributed by atoms with Crippen molar-refractivity contribution in [3.8, 4) is 6.19 Å². The van der Waals surface area contributed by atoms with Crippen molar-refractivity contribution in [2.75, 3.05) is 26.7 Å². The maximum absolute atomic E-state index is 8.54. The summed E-state index contributed by atoms with van der Waals surface area (Å²) in [5.41, 5.74) is 0. The van der Waals surface area contributed by atoms with Gasteiger partial charge in [0.05, 0.1) is 0 Å². The fraction of sp³-hybridized carbons (Fsp3) is 0.818. The van der Waals surface area contributed by atoms with E-state index >= 15 is 0 Å². The maximum Gasteiger partial charge on any atom is 0.204 e. The lowest BCUT2D eigenvalue weighted by Crippen LogP contribution is -2.38. The molecule has 16 heavy (non-hydrogen) atoms. The molecule has 0 aliphatic carbocycles. The second-order valence-corrected chi connectivity index (χ2v) is 4.03. The third kappa shape index (κ3) is 9.28. The summed E-state index contributed by atoms with van der Waals surface area (Å²) in [7, 11) is 1.89. The summed E-state index contributed by atoms with van der Waals surface area (Å²) < 4.78 is 0. The van der Waals surface area contributed by atoms with Gasteiger partial charge in [0.2, 0.25) is 5.96 Å². The Hall–Kier alpha value is -1.28. The second-order valence-electron chi connectivity index (χ2n) is 4.03. The van der Waals surface area contributed by atoms with E-state index in [0.29, 0.717) is 11.9 Å². The monoisotopic (exact) mass is 225 g/mol. The van der Waals surface area contributed by atoms with E-state index in [9.17, 15) is 0 Å². The molecule has 0 rings (SSSR count). The van der Waals surface area contributed by atoms with Gasteiger partial charge in [-0.25, -0.2) is 0 Å². The van der Waals surface area contributed by atoms with Crippen molar-refractivity contribution < 1.29 is 0 Å². The lowest BCUT2D eigenvalue weighted by Gasteiger charge is -2.07. The molecule has 0 unspecified atom stereocenters. The number of nitriles is 1. The number of aliphatic imine (C=N–C) groups is 1. The molecule has 5 nitrogen and oxygen atoms in total. The summed E-state index contributed by atoms with van der Waals surface area (Å²) in [6.45, 7) is 6.76. The summed E-state index contributed by atoms with van der Waals surface area (Å²) in [6, 6.07) is 0. The lowest BCUT2D eigenvalue weighted by atomic mass is 10.1. The van der Waals surface area contributed by atoms with Crippen LogP contribution in [0.1, 0.15) is 26.7 Å². The number of nitrogens with one attached hydrogen (secondary N) is 3. The van der Waals surface area contributed by atoms with Gasteiger partial charge in [0.15, 0.2) is 6.19 Å². The van der Waals surface area contributed by atoms with E-state index in [1.54, 1.807) is 0 Å².